The average molecular weight is 296 g/mol. The van der Waals surface area contributed by atoms with Gasteiger partial charge in [0.15, 0.2) is 0 Å². The fourth-order valence-corrected chi connectivity index (χ4v) is 3.79. The molecule has 20 heavy (non-hydrogen) atoms. The number of nitrogens with one attached hydrogen (secondary N) is 1. The maximum Gasteiger partial charge on any atom is 0.110 e. The summed E-state index contributed by atoms with van der Waals surface area (Å²) >= 11 is 1.90. The molecule has 3 nitrogen and oxygen atoms in total. The van der Waals surface area contributed by atoms with Crippen LogP contribution in [0.3, 0.4) is 0 Å². The van der Waals surface area contributed by atoms with Crippen LogP contribution >= 0.6 is 11.3 Å². The molecule has 0 bridgehead atoms. The number of aromatic nitrogens is 1. The fourth-order valence-electron chi connectivity index (χ4n) is 2.61. The molecule has 1 aliphatic rings. The molecule has 114 valence electrons. The van der Waals surface area contributed by atoms with E-state index >= 15 is 0 Å². The standard InChI is InChI=1S/C16H28N2OS/c1-12(17-10-6-9-16(2,3)11-19)15-18-13-7-4-5-8-14(13)20-15/h12,17,19H,4-11H2,1-3H3. The minimum atomic E-state index is 0.0468. The third-order valence-electron chi connectivity index (χ3n) is 4.14. The van der Waals surface area contributed by atoms with E-state index in [-0.39, 0.29) is 12.0 Å². The van der Waals surface area contributed by atoms with Crippen molar-refractivity contribution in [1.82, 2.24) is 10.3 Å². The van der Waals surface area contributed by atoms with Crippen LogP contribution in [0.15, 0.2) is 0 Å². The van der Waals surface area contributed by atoms with Crippen molar-refractivity contribution in [2.75, 3.05) is 13.2 Å². The molecule has 0 saturated carbocycles. The molecular weight excluding hydrogens is 268 g/mol. The topological polar surface area (TPSA) is 45.1 Å². The minimum absolute atomic E-state index is 0.0468. The third kappa shape index (κ3) is 4.27. The highest BCUT2D eigenvalue weighted by atomic mass is 32.1. The number of rotatable bonds is 7. The highest BCUT2D eigenvalue weighted by Crippen LogP contribution is 2.29. The lowest BCUT2D eigenvalue weighted by molar-refractivity contribution is 0.147. The molecule has 0 fully saturated rings. The lowest BCUT2D eigenvalue weighted by Gasteiger charge is -2.21. The highest BCUT2D eigenvalue weighted by molar-refractivity contribution is 7.11. The Morgan fingerprint density at radius 1 is 1.35 bits per heavy atom. The molecule has 2 N–H and O–H groups in total. The number of thiazole rings is 1. The van der Waals surface area contributed by atoms with E-state index in [1.54, 1.807) is 0 Å². The van der Waals surface area contributed by atoms with Gasteiger partial charge in [-0.15, -0.1) is 11.3 Å². The van der Waals surface area contributed by atoms with Crippen molar-refractivity contribution in [3.63, 3.8) is 0 Å². The van der Waals surface area contributed by atoms with E-state index in [1.807, 2.05) is 11.3 Å². The summed E-state index contributed by atoms with van der Waals surface area (Å²) in [4.78, 5) is 6.33. The molecule has 1 atom stereocenters. The molecule has 0 aromatic carbocycles. The molecule has 0 spiro atoms. The van der Waals surface area contributed by atoms with Gasteiger partial charge in [-0.3, -0.25) is 0 Å². The maximum atomic E-state index is 9.25. The zero-order valence-electron chi connectivity index (χ0n) is 13.0. The second-order valence-electron chi connectivity index (χ2n) is 6.73. The van der Waals surface area contributed by atoms with Crippen LogP contribution in [0.1, 0.15) is 68.1 Å². The van der Waals surface area contributed by atoms with Gasteiger partial charge in [0.25, 0.3) is 0 Å². The Kier molecular flexibility index (Phi) is 5.58. The maximum absolute atomic E-state index is 9.25. The van der Waals surface area contributed by atoms with Gasteiger partial charge >= 0.3 is 0 Å². The Morgan fingerprint density at radius 3 is 2.80 bits per heavy atom. The first kappa shape index (κ1) is 15.9. The zero-order valence-corrected chi connectivity index (χ0v) is 13.9. The number of aryl methyl sites for hydroxylation is 2. The van der Waals surface area contributed by atoms with E-state index in [4.69, 9.17) is 4.98 Å². The summed E-state index contributed by atoms with van der Waals surface area (Å²) in [6.45, 7) is 7.70. The van der Waals surface area contributed by atoms with Crippen molar-refractivity contribution in [2.24, 2.45) is 5.41 Å². The predicted molar refractivity (Wildman–Crippen MR) is 85.3 cm³/mol. The summed E-state index contributed by atoms with van der Waals surface area (Å²) in [6, 6.07) is 0.350. The van der Waals surface area contributed by atoms with Gasteiger partial charge in [-0.1, -0.05) is 13.8 Å². The summed E-state index contributed by atoms with van der Waals surface area (Å²) in [5.74, 6) is 0. The van der Waals surface area contributed by atoms with Crippen molar-refractivity contribution in [2.45, 2.75) is 65.3 Å². The van der Waals surface area contributed by atoms with Crippen LogP contribution in [0.4, 0.5) is 0 Å². The minimum Gasteiger partial charge on any atom is -0.396 e. The van der Waals surface area contributed by atoms with Gasteiger partial charge in [0.2, 0.25) is 0 Å². The molecule has 1 unspecified atom stereocenters. The number of hydrogen-bond donors (Lipinski definition) is 2. The lowest BCUT2D eigenvalue weighted by atomic mass is 9.89. The summed E-state index contributed by atoms with van der Waals surface area (Å²) < 4.78 is 0. The van der Waals surface area contributed by atoms with Gasteiger partial charge in [0, 0.05) is 11.5 Å². The van der Waals surface area contributed by atoms with E-state index in [0.717, 1.165) is 19.4 Å². The number of aliphatic hydroxyl groups excluding tert-OH is 1. The summed E-state index contributed by atoms with van der Waals surface area (Å²) in [6.07, 6.45) is 7.18. The van der Waals surface area contributed by atoms with Crippen molar-refractivity contribution in [3.8, 4) is 0 Å². The summed E-state index contributed by atoms with van der Waals surface area (Å²) in [5.41, 5.74) is 1.40. The Labute approximate surface area is 126 Å². The van der Waals surface area contributed by atoms with Crippen LogP contribution in [-0.4, -0.2) is 23.2 Å². The first-order valence-electron chi connectivity index (χ1n) is 7.84. The quantitative estimate of drug-likeness (QED) is 0.757. The van der Waals surface area contributed by atoms with E-state index in [2.05, 4.69) is 26.1 Å². The third-order valence-corrected chi connectivity index (χ3v) is 5.48. The largest absolute Gasteiger partial charge is 0.396 e. The van der Waals surface area contributed by atoms with Gasteiger partial charge in [0.05, 0.1) is 11.7 Å². The molecular formula is C16H28N2OS. The Hall–Kier alpha value is -0.450. The molecule has 0 aliphatic heterocycles. The Balaban J connectivity index is 1.77. The van der Waals surface area contributed by atoms with E-state index in [9.17, 15) is 5.11 Å². The molecule has 2 rings (SSSR count). The molecule has 1 aromatic heterocycles. The van der Waals surface area contributed by atoms with Gasteiger partial charge in [-0.2, -0.15) is 0 Å². The van der Waals surface area contributed by atoms with Crippen molar-refractivity contribution >= 4 is 11.3 Å². The van der Waals surface area contributed by atoms with Crippen molar-refractivity contribution in [1.29, 1.82) is 0 Å². The number of nitrogens with zero attached hydrogens (tertiary/aromatic N) is 1. The van der Waals surface area contributed by atoms with Crippen LogP contribution in [0.5, 0.6) is 0 Å². The fraction of sp³-hybridized carbons (Fsp3) is 0.812. The monoisotopic (exact) mass is 296 g/mol. The molecule has 1 aromatic rings. The van der Waals surface area contributed by atoms with E-state index < -0.39 is 0 Å². The van der Waals surface area contributed by atoms with Crippen LogP contribution < -0.4 is 5.32 Å². The van der Waals surface area contributed by atoms with Crippen LogP contribution in [-0.2, 0) is 12.8 Å². The first-order chi connectivity index (χ1) is 9.52. The lowest BCUT2D eigenvalue weighted by Crippen LogP contribution is -2.23. The van der Waals surface area contributed by atoms with Gasteiger partial charge in [-0.25, -0.2) is 4.98 Å². The van der Waals surface area contributed by atoms with Crippen molar-refractivity contribution < 1.29 is 5.11 Å². The van der Waals surface area contributed by atoms with Crippen LogP contribution in [0.25, 0.3) is 0 Å². The van der Waals surface area contributed by atoms with E-state index in [1.165, 1.54) is 41.3 Å². The molecule has 0 radical (unpaired) electrons. The number of hydrogen-bond acceptors (Lipinski definition) is 4. The number of aliphatic hydroxyl groups is 1. The second-order valence-corrected chi connectivity index (χ2v) is 7.85. The second kappa shape index (κ2) is 7.01. The predicted octanol–water partition coefficient (Wildman–Crippen LogP) is 3.47. The molecule has 4 heteroatoms. The SMILES string of the molecule is CC(NCCCC(C)(C)CO)c1nc2c(s1)CCCC2. The van der Waals surface area contributed by atoms with E-state index in [0.29, 0.717) is 6.04 Å². The number of fused-ring (bicyclic) bond motifs is 1. The van der Waals surface area contributed by atoms with Crippen LogP contribution in [0, 0.1) is 5.41 Å². The Bertz CT molecular complexity index is 405. The normalized spacial score (nSPS) is 17.0. The molecule has 1 heterocycles. The smallest absolute Gasteiger partial charge is 0.110 e. The highest BCUT2D eigenvalue weighted by Gasteiger charge is 2.19. The molecule has 0 amide bonds. The zero-order chi connectivity index (χ0) is 14.6. The molecule has 0 saturated heterocycles. The summed E-state index contributed by atoms with van der Waals surface area (Å²) in [5, 5.41) is 14.1. The first-order valence-corrected chi connectivity index (χ1v) is 8.66. The average Bonchev–Trinajstić information content (AvgIpc) is 2.87. The van der Waals surface area contributed by atoms with Gasteiger partial charge in [-0.05, 0) is 57.4 Å². The van der Waals surface area contributed by atoms with Crippen LogP contribution in [0.2, 0.25) is 0 Å². The molecule has 1 aliphatic carbocycles. The van der Waals surface area contributed by atoms with Gasteiger partial charge < -0.3 is 10.4 Å². The van der Waals surface area contributed by atoms with Crippen molar-refractivity contribution in [3.05, 3.63) is 15.6 Å². The van der Waals surface area contributed by atoms with Gasteiger partial charge in [0.1, 0.15) is 5.01 Å². The summed E-state index contributed by atoms with van der Waals surface area (Å²) in [7, 11) is 0. The Morgan fingerprint density at radius 2 is 2.10 bits per heavy atom.